The van der Waals surface area contributed by atoms with Gasteiger partial charge in [0, 0.05) is 36.1 Å². The molecular weight excluding hydrogens is 454 g/mol. The van der Waals surface area contributed by atoms with Crippen LogP contribution in [0.2, 0.25) is 0 Å². The van der Waals surface area contributed by atoms with Crippen molar-refractivity contribution < 1.29 is 19.8 Å². The molecule has 4 N–H and O–H groups in total. The van der Waals surface area contributed by atoms with Gasteiger partial charge in [-0.2, -0.15) is 5.06 Å². The fourth-order valence-electron chi connectivity index (χ4n) is 5.22. The number of unbranched alkanes of at least 4 members (excludes halogenated alkanes) is 3. The van der Waals surface area contributed by atoms with Crippen LogP contribution in [0.25, 0.3) is 10.9 Å². The molecule has 0 unspecified atom stereocenters. The number of aliphatic hydroxyl groups excluding tert-OH is 2. The SMILES string of the molecule is C[C@H](O)[C@@H]1ON(CCCCCCc2ccccc2)[C@H](C(=O)NCCc2c[nH]c3ccccc23)[C@@H]1CO. The number of nitrogens with one attached hydrogen (secondary N) is 2. The molecule has 1 fully saturated rings. The largest absolute Gasteiger partial charge is 0.396 e. The highest BCUT2D eigenvalue weighted by Crippen LogP contribution is 2.30. The molecule has 0 bridgehead atoms. The number of aromatic nitrogens is 1. The van der Waals surface area contributed by atoms with Crippen LogP contribution in [-0.4, -0.2) is 64.1 Å². The highest BCUT2D eigenvalue weighted by molar-refractivity contribution is 5.84. The van der Waals surface area contributed by atoms with Crippen molar-refractivity contribution in [2.45, 2.75) is 63.7 Å². The molecule has 4 atom stereocenters. The second-order valence-electron chi connectivity index (χ2n) is 9.79. The maximum atomic E-state index is 13.2. The molecule has 194 valence electrons. The first-order chi connectivity index (χ1) is 17.6. The van der Waals surface area contributed by atoms with Crippen LogP contribution in [0, 0.1) is 5.92 Å². The second-order valence-corrected chi connectivity index (χ2v) is 9.79. The Morgan fingerprint density at radius 2 is 1.81 bits per heavy atom. The third kappa shape index (κ3) is 6.53. The van der Waals surface area contributed by atoms with Gasteiger partial charge in [-0.15, -0.1) is 0 Å². The van der Waals surface area contributed by atoms with Crippen LogP contribution in [-0.2, 0) is 22.5 Å². The quantitative estimate of drug-likeness (QED) is 0.273. The molecule has 2 aromatic carbocycles. The van der Waals surface area contributed by atoms with Gasteiger partial charge in [-0.25, -0.2) is 0 Å². The number of hydroxylamine groups is 2. The monoisotopic (exact) mass is 493 g/mol. The molecule has 1 saturated heterocycles. The van der Waals surface area contributed by atoms with Crippen LogP contribution in [0.15, 0.2) is 60.8 Å². The summed E-state index contributed by atoms with van der Waals surface area (Å²) in [6, 6.07) is 18.0. The number of benzene rings is 2. The zero-order valence-corrected chi connectivity index (χ0v) is 21.1. The summed E-state index contributed by atoms with van der Waals surface area (Å²) < 4.78 is 0. The maximum Gasteiger partial charge on any atom is 0.240 e. The van der Waals surface area contributed by atoms with Crippen molar-refractivity contribution in [3.63, 3.8) is 0 Å². The van der Waals surface area contributed by atoms with Gasteiger partial charge in [0.05, 0.1) is 12.7 Å². The summed E-state index contributed by atoms with van der Waals surface area (Å²) in [4.78, 5) is 22.5. The van der Waals surface area contributed by atoms with Crippen LogP contribution in [0.3, 0.4) is 0 Å². The Morgan fingerprint density at radius 1 is 1.06 bits per heavy atom. The first-order valence-electron chi connectivity index (χ1n) is 13.2. The number of H-pyrrole nitrogens is 1. The predicted octanol–water partition coefficient (Wildman–Crippen LogP) is 3.60. The number of amides is 1. The van der Waals surface area contributed by atoms with Gasteiger partial charge < -0.3 is 20.5 Å². The van der Waals surface area contributed by atoms with Crippen LogP contribution in [0.5, 0.6) is 0 Å². The van der Waals surface area contributed by atoms with E-state index in [1.165, 1.54) is 5.56 Å². The lowest BCUT2D eigenvalue weighted by Gasteiger charge is -2.24. The molecular formula is C29H39N3O4. The Kier molecular flexibility index (Phi) is 9.53. The molecule has 36 heavy (non-hydrogen) atoms. The van der Waals surface area contributed by atoms with E-state index in [4.69, 9.17) is 4.84 Å². The standard InChI is InChI=1S/C29H39N3O4/c1-21(34)28-25(20-33)27(29(35)30-17-16-23-19-31-26-15-9-8-14-24(23)26)32(36-28)18-10-3-2-5-11-22-12-6-4-7-13-22/h4,6-9,12-15,19,21,25,27-28,31,33-34H,2-3,5,10-11,16-18,20H2,1H3,(H,30,35)/t21-,25-,27-,28-/m0/s1. The number of fused-ring (bicyclic) bond motifs is 1. The number of rotatable bonds is 13. The minimum absolute atomic E-state index is 0.166. The molecule has 1 aromatic heterocycles. The van der Waals surface area contributed by atoms with Crippen molar-refractivity contribution in [2.24, 2.45) is 5.92 Å². The third-order valence-corrected chi connectivity index (χ3v) is 7.16. The number of carbonyl (C=O) groups is 1. The first kappa shape index (κ1) is 26.4. The van der Waals surface area contributed by atoms with E-state index in [1.54, 1.807) is 12.0 Å². The summed E-state index contributed by atoms with van der Waals surface area (Å²) in [6.07, 6.45) is 6.53. The molecule has 1 amide bonds. The fourth-order valence-corrected chi connectivity index (χ4v) is 5.22. The summed E-state index contributed by atoms with van der Waals surface area (Å²) in [5.41, 5.74) is 3.59. The second kappa shape index (κ2) is 13.0. The lowest BCUT2D eigenvalue weighted by molar-refractivity contribution is -0.187. The van der Waals surface area contributed by atoms with Crippen LogP contribution >= 0.6 is 0 Å². The highest BCUT2D eigenvalue weighted by atomic mass is 16.7. The van der Waals surface area contributed by atoms with Crippen LogP contribution in [0.4, 0.5) is 0 Å². The molecule has 7 nitrogen and oxygen atoms in total. The van der Waals surface area contributed by atoms with E-state index in [-0.39, 0.29) is 12.5 Å². The van der Waals surface area contributed by atoms with Gasteiger partial charge >= 0.3 is 0 Å². The summed E-state index contributed by atoms with van der Waals surface area (Å²) in [6.45, 7) is 2.50. The van der Waals surface area contributed by atoms with Gasteiger partial charge in [0.15, 0.2) is 0 Å². The molecule has 3 aromatic rings. The lowest BCUT2D eigenvalue weighted by atomic mass is 9.92. The van der Waals surface area contributed by atoms with E-state index in [2.05, 4.69) is 40.6 Å². The van der Waals surface area contributed by atoms with E-state index in [0.717, 1.165) is 48.6 Å². The molecule has 1 aliphatic heterocycles. The Balaban J connectivity index is 1.28. The molecule has 2 heterocycles. The number of aromatic amines is 1. The lowest BCUT2D eigenvalue weighted by Crippen LogP contribution is -2.48. The Labute approximate surface area is 213 Å². The molecule has 1 aliphatic rings. The van der Waals surface area contributed by atoms with E-state index in [1.807, 2.05) is 30.5 Å². The van der Waals surface area contributed by atoms with Gasteiger partial charge in [0.25, 0.3) is 0 Å². The first-order valence-corrected chi connectivity index (χ1v) is 13.2. The fraction of sp³-hybridized carbons (Fsp3) is 0.483. The molecule has 0 aliphatic carbocycles. The summed E-state index contributed by atoms with van der Waals surface area (Å²) in [7, 11) is 0. The summed E-state index contributed by atoms with van der Waals surface area (Å²) in [5, 5.41) is 26.2. The van der Waals surface area contributed by atoms with Crippen molar-refractivity contribution in [2.75, 3.05) is 19.7 Å². The number of hydrogen-bond donors (Lipinski definition) is 4. The van der Waals surface area contributed by atoms with E-state index < -0.39 is 24.2 Å². The predicted molar refractivity (Wildman–Crippen MR) is 141 cm³/mol. The number of hydrogen-bond acceptors (Lipinski definition) is 5. The maximum absolute atomic E-state index is 13.2. The molecule has 0 radical (unpaired) electrons. The average molecular weight is 494 g/mol. The molecule has 7 heteroatoms. The van der Waals surface area contributed by atoms with Gasteiger partial charge in [0.2, 0.25) is 5.91 Å². The topological polar surface area (TPSA) is 97.8 Å². The minimum Gasteiger partial charge on any atom is -0.396 e. The highest BCUT2D eigenvalue weighted by Gasteiger charge is 2.48. The smallest absolute Gasteiger partial charge is 0.240 e. The van der Waals surface area contributed by atoms with Gasteiger partial charge in [-0.3, -0.25) is 9.63 Å². The van der Waals surface area contributed by atoms with Crippen molar-refractivity contribution in [3.8, 4) is 0 Å². The zero-order valence-electron chi connectivity index (χ0n) is 21.1. The Hall–Kier alpha value is -2.71. The number of nitrogens with zero attached hydrogens (tertiary/aromatic N) is 1. The van der Waals surface area contributed by atoms with E-state index >= 15 is 0 Å². The van der Waals surface area contributed by atoms with Crippen molar-refractivity contribution in [1.82, 2.24) is 15.4 Å². The zero-order chi connectivity index (χ0) is 25.3. The van der Waals surface area contributed by atoms with Gasteiger partial charge in [-0.05, 0) is 49.8 Å². The van der Waals surface area contributed by atoms with Crippen molar-refractivity contribution >= 4 is 16.8 Å². The number of para-hydroxylation sites is 1. The Morgan fingerprint density at radius 3 is 2.58 bits per heavy atom. The molecule has 4 rings (SSSR count). The Bertz CT molecular complexity index is 1080. The average Bonchev–Trinajstić information content (AvgIpc) is 3.48. The minimum atomic E-state index is -0.778. The number of aryl methyl sites for hydroxylation is 1. The van der Waals surface area contributed by atoms with Gasteiger partial charge in [-0.1, -0.05) is 61.4 Å². The van der Waals surface area contributed by atoms with E-state index in [0.29, 0.717) is 19.5 Å². The number of aliphatic hydroxyl groups is 2. The van der Waals surface area contributed by atoms with Gasteiger partial charge in [0.1, 0.15) is 12.1 Å². The molecule has 0 saturated carbocycles. The summed E-state index contributed by atoms with van der Waals surface area (Å²) in [5.74, 6) is -0.641. The summed E-state index contributed by atoms with van der Waals surface area (Å²) >= 11 is 0. The molecule has 0 spiro atoms. The van der Waals surface area contributed by atoms with Crippen molar-refractivity contribution in [1.29, 1.82) is 0 Å². The van der Waals surface area contributed by atoms with Crippen LogP contribution in [0.1, 0.15) is 43.7 Å². The van der Waals surface area contributed by atoms with Crippen LogP contribution < -0.4 is 5.32 Å². The number of carbonyl (C=O) groups excluding carboxylic acids is 1. The van der Waals surface area contributed by atoms with E-state index in [9.17, 15) is 15.0 Å². The third-order valence-electron chi connectivity index (χ3n) is 7.16. The van der Waals surface area contributed by atoms with Crippen molar-refractivity contribution in [3.05, 3.63) is 71.9 Å². The normalized spacial score (nSPS) is 21.1.